The zero-order valence-corrected chi connectivity index (χ0v) is 15.9. The highest BCUT2D eigenvalue weighted by atomic mass is 16.6. The minimum atomic E-state index is -1.07. The van der Waals surface area contributed by atoms with E-state index in [4.69, 9.17) is 10.5 Å². The molecule has 0 saturated carbocycles. The number of aliphatic hydroxyl groups excluding tert-OH is 1. The first-order chi connectivity index (χ1) is 13.5. The number of allylic oxidation sites excluding steroid dienone is 4. The molecule has 0 spiro atoms. The van der Waals surface area contributed by atoms with Crippen LogP contribution in [0.3, 0.4) is 0 Å². The number of nitrogens with one attached hydrogen (secondary N) is 1. The summed E-state index contributed by atoms with van der Waals surface area (Å²) in [6.45, 7) is 0.550. The summed E-state index contributed by atoms with van der Waals surface area (Å²) in [7, 11) is 1.42. The fraction of sp³-hybridized carbons (Fsp3) is 0.333. The summed E-state index contributed by atoms with van der Waals surface area (Å²) in [5.74, 6) is 0.00347. The van der Waals surface area contributed by atoms with Gasteiger partial charge >= 0.3 is 0 Å². The summed E-state index contributed by atoms with van der Waals surface area (Å²) < 4.78 is 6.78. The highest BCUT2D eigenvalue weighted by Gasteiger charge is 2.17. The maximum atomic E-state index is 11.6. The van der Waals surface area contributed by atoms with Crippen molar-refractivity contribution < 1.29 is 14.6 Å². The lowest BCUT2D eigenvalue weighted by Crippen LogP contribution is -2.20. The van der Waals surface area contributed by atoms with Crippen molar-refractivity contribution in [2.45, 2.75) is 32.2 Å². The lowest BCUT2D eigenvalue weighted by molar-refractivity contribution is -0.117. The number of hydrogen-bond donors (Lipinski definition) is 3. The van der Waals surface area contributed by atoms with Gasteiger partial charge in [0.25, 0.3) is 0 Å². The monoisotopic (exact) mass is 382 g/mol. The van der Waals surface area contributed by atoms with Crippen molar-refractivity contribution in [2.75, 3.05) is 12.4 Å². The lowest BCUT2D eigenvalue weighted by atomic mass is 9.94. The Morgan fingerprint density at radius 2 is 2.32 bits per heavy atom. The van der Waals surface area contributed by atoms with Gasteiger partial charge in [-0.3, -0.25) is 4.79 Å². The smallest absolute Gasteiger partial charge is 0.235 e. The van der Waals surface area contributed by atoms with Crippen LogP contribution in [0.4, 0.5) is 5.69 Å². The van der Waals surface area contributed by atoms with Crippen molar-refractivity contribution in [3.05, 3.63) is 71.8 Å². The molecule has 1 aliphatic rings. The molecule has 2 unspecified atom stereocenters. The second kappa shape index (κ2) is 9.34. The number of anilines is 1. The van der Waals surface area contributed by atoms with Crippen LogP contribution in [0.15, 0.2) is 54.9 Å². The minimum absolute atomic E-state index is 0.155. The number of carbonyl (C=O) groups excluding carboxylic acids is 1. The SMILES string of the molecule is COC(O)Nc1cccc(Cn2cnc(CC3C=CC=CC3)c2CC(N)=O)c1. The van der Waals surface area contributed by atoms with Crippen LogP contribution >= 0.6 is 0 Å². The van der Waals surface area contributed by atoms with Gasteiger partial charge in [-0.15, -0.1) is 0 Å². The average molecular weight is 382 g/mol. The van der Waals surface area contributed by atoms with Crippen LogP contribution in [0.2, 0.25) is 0 Å². The number of amides is 1. The molecule has 0 bridgehead atoms. The number of nitrogens with zero attached hydrogens (tertiary/aromatic N) is 2. The van der Waals surface area contributed by atoms with E-state index in [2.05, 4.69) is 22.5 Å². The van der Waals surface area contributed by atoms with Crippen molar-refractivity contribution >= 4 is 11.6 Å². The van der Waals surface area contributed by atoms with Crippen molar-refractivity contribution in [1.82, 2.24) is 9.55 Å². The molecule has 0 aliphatic heterocycles. The number of aromatic nitrogens is 2. The Balaban J connectivity index is 1.79. The average Bonchev–Trinajstić information content (AvgIpc) is 3.03. The quantitative estimate of drug-likeness (QED) is 0.576. The molecule has 0 radical (unpaired) electrons. The highest BCUT2D eigenvalue weighted by molar-refractivity contribution is 5.76. The molecule has 7 heteroatoms. The van der Waals surface area contributed by atoms with Crippen LogP contribution in [-0.4, -0.2) is 34.1 Å². The highest BCUT2D eigenvalue weighted by Crippen LogP contribution is 2.21. The predicted molar refractivity (Wildman–Crippen MR) is 107 cm³/mol. The van der Waals surface area contributed by atoms with Gasteiger partial charge in [-0.25, -0.2) is 4.98 Å². The number of methoxy groups -OCH3 is 1. The molecule has 28 heavy (non-hydrogen) atoms. The molecule has 0 saturated heterocycles. The number of imidazole rings is 1. The van der Waals surface area contributed by atoms with Gasteiger partial charge in [0.15, 0.2) is 0 Å². The normalized spacial score (nSPS) is 16.9. The Kier molecular flexibility index (Phi) is 6.62. The van der Waals surface area contributed by atoms with E-state index in [1.54, 1.807) is 6.33 Å². The molecule has 1 aromatic carbocycles. The van der Waals surface area contributed by atoms with Crippen LogP contribution in [0.5, 0.6) is 0 Å². The van der Waals surface area contributed by atoms with E-state index >= 15 is 0 Å². The number of nitrogens with two attached hydrogens (primary N) is 1. The molecule has 4 N–H and O–H groups in total. The third-order valence-electron chi connectivity index (χ3n) is 4.69. The molecule has 148 valence electrons. The predicted octanol–water partition coefficient (Wildman–Crippen LogP) is 1.97. The van der Waals surface area contributed by atoms with Gasteiger partial charge in [-0.1, -0.05) is 36.4 Å². The first-order valence-corrected chi connectivity index (χ1v) is 9.26. The second-order valence-electron chi connectivity index (χ2n) is 6.85. The van der Waals surface area contributed by atoms with E-state index in [-0.39, 0.29) is 12.3 Å². The summed E-state index contributed by atoms with van der Waals surface area (Å²) >= 11 is 0. The van der Waals surface area contributed by atoms with Crippen molar-refractivity contribution in [3.63, 3.8) is 0 Å². The summed E-state index contributed by atoms with van der Waals surface area (Å²) in [4.78, 5) is 16.2. The van der Waals surface area contributed by atoms with Crippen LogP contribution < -0.4 is 11.1 Å². The van der Waals surface area contributed by atoms with E-state index in [9.17, 15) is 9.90 Å². The zero-order valence-electron chi connectivity index (χ0n) is 15.9. The number of benzene rings is 1. The number of hydrogen-bond acceptors (Lipinski definition) is 5. The van der Waals surface area contributed by atoms with Gasteiger partial charge < -0.3 is 25.5 Å². The molecule has 1 aromatic heterocycles. The van der Waals surface area contributed by atoms with Gasteiger partial charge in [-0.05, 0) is 36.5 Å². The molecule has 3 rings (SSSR count). The van der Waals surface area contributed by atoms with E-state index in [1.165, 1.54) is 7.11 Å². The third-order valence-corrected chi connectivity index (χ3v) is 4.69. The van der Waals surface area contributed by atoms with Gasteiger partial charge in [0, 0.05) is 19.3 Å². The van der Waals surface area contributed by atoms with Gasteiger partial charge in [-0.2, -0.15) is 0 Å². The topological polar surface area (TPSA) is 102 Å². The molecular formula is C21H26N4O3. The molecule has 1 heterocycles. The molecule has 2 atom stereocenters. The Morgan fingerprint density at radius 1 is 1.46 bits per heavy atom. The van der Waals surface area contributed by atoms with Crippen LogP contribution in [0.1, 0.15) is 23.4 Å². The molecule has 1 aliphatic carbocycles. The van der Waals surface area contributed by atoms with Gasteiger partial charge in [0.05, 0.1) is 24.1 Å². The van der Waals surface area contributed by atoms with Crippen molar-refractivity contribution in [3.8, 4) is 0 Å². The Hall–Kier alpha value is -2.90. The first kappa shape index (κ1) is 19.9. The lowest BCUT2D eigenvalue weighted by Gasteiger charge is -2.15. The largest absolute Gasteiger partial charge is 0.369 e. The molecular weight excluding hydrogens is 356 g/mol. The van der Waals surface area contributed by atoms with E-state index < -0.39 is 6.41 Å². The fourth-order valence-corrected chi connectivity index (χ4v) is 3.31. The Bertz CT molecular complexity index is 872. The first-order valence-electron chi connectivity index (χ1n) is 9.26. The van der Waals surface area contributed by atoms with Crippen LogP contribution in [-0.2, 0) is 28.9 Å². The van der Waals surface area contributed by atoms with E-state index in [1.807, 2.05) is 41.0 Å². The number of aliphatic hydroxyl groups is 1. The zero-order chi connectivity index (χ0) is 19.9. The second-order valence-corrected chi connectivity index (χ2v) is 6.85. The van der Waals surface area contributed by atoms with Crippen LogP contribution in [0, 0.1) is 5.92 Å². The maximum absolute atomic E-state index is 11.6. The summed E-state index contributed by atoms with van der Waals surface area (Å²) in [5, 5.41) is 12.4. The van der Waals surface area contributed by atoms with Gasteiger partial charge in [0.1, 0.15) is 0 Å². The number of primary amides is 1. The molecule has 2 aromatic rings. The maximum Gasteiger partial charge on any atom is 0.235 e. The Morgan fingerprint density at radius 3 is 3.04 bits per heavy atom. The Labute approximate surface area is 164 Å². The third kappa shape index (κ3) is 5.31. The molecule has 7 nitrogen and oxygen atoms in total. The van der Waals surface area contributed by atoms with Crippen molar-refractivity contribution in [2.24, 2.45) is 11.7 Å². The van der Waals surface area contributed by atoms with E-state index in [0.717, 1.165) is 35.5 Å². The summed E-state index contributed by atoms with van der Waals surface area (Å²) in [6.07, 6.45) is 11.0. The minimum Gasteiger partial charge on any atom is -0.369 e. The molecule has 1 amide bonds. The number of carbonyl (C=O) groups is 1. The van der Waals surface area contributed by atoms with Crippen molar-refractivity contribution in [1.29, 1.82) is 0 Å². The van der Waals surface area contributed by atoms with Crippen LogP contribution in [0.25, 0.3) is 0 Å². The fourth-order valence-electron chi connectivity index (χ4n) is 3.31. The number of ether oxygens (including phenoxy) is 1. The van der Waals surface area contributed by atoms with Gasteiger partial charge in [0.2, 0.25) is 12.3 Å². The standard InChI is InChI=1S/C21H26N4O3/c1-28-21(27)24-17-9-5-8-16(10-17)13-25-14-23-18(19(25)12-20(22)26)11-15-6-3-2-4-7-15/h2-6,8-10,14-15,21,24,27H,7,11-13H2,1H3,(H2,22,26). The summed E-state index contributed by atoms with van der Waals surface area (Å²) in [6, 6.07) is 7.64. The van der Waals surface area contributed by atoms with E-state index in [0.29, 0.717) is 12.5 Å². The molecule has 0 fully saturated rings. The summed E-state index contributed by atoms with van der Waals surface area (Å²) in [5.41, 5.74) is 8.99. The number of rotatable bonds is 9.